The van der Waals surface area contributed by atoms with Crippen LogP contribution in [-0.2, 0) is 11.3 Å². The van der Waals surface area contributed by atoms with Gasteiger partial charge in [-0.1, -0.05) is 12.1 Å². The summed E-state index contributed by atoms with van der Waals surface area (Å²) < 4.78 is 20.9. The van der Waals surface area contributed by atoms with Crippen LogP contribution in [0.25, 0.3) is 11.3 Å². The number of amides is 2. The third-order valence-corrected chi connectivity index (χ3v) is 6.49. The first kappa shape index (κ1) is 24.9. The number of morpholine rings is 1. The molecular formula is C25H30FN5O3S. The molecule has 10 heteroatoms. The lowest BCUT2D eigenvalue weighted by Crippen LogP contribution is -2.37. The highest BCUT2D eigenvalue weighted by Gasteiger charge is 2.13. The number of urea groups is 1. The van der Waals surface area contributed by atoms with E-state index >= 15 is 0 Å². The van der Waals surface area contributed by atoms with Gasteiger partial charge in [0.05, 0.1) is 31.2 Å². The van der Waals surface area contributed by atoms with E-state index in [-0.39, 0.29) is 25.0 Å². The standard InChI is InChI=1S/C25H30FN5O3S/c26-20-4-6-21(7-5-20)29-25-31(12-1-10-27-24(33)28-11-15-32)23(18-35-25)19-2-8-22(9-3-19)30-13-16-34-17-14-30/h2-9,18,32H,1,10-17H2,(H2,27,28,33). The molecule has 1 saturated heterocycles. The van der Waals surface area contributed by atoms with Crippen LogP contribution < -0.4 is 20.3 Å². The van der Waals surface area contributed by atoms with Crippen LogP contribution in [0, 0.1) is 5.82 Å². The Labute approximate surface area is 207 Å². The summed E-state index contributed by atoms with van der Waals surface area (Å²) in [5, 5.41) is 16.3. The summed E-state index contributed by atoms with van der Waals surface area (Å²) >= 11 is 1.53. The van der Waals surface area contributed by atoms with Gasteiger partial charge >= 0.3 is 6.03 Å². The largest absolute Gasteiger partial charge is 0.395 e. The molecule has 1 aliphatic rings. The highest BCUT2D eigenvalue weighted by atomic mass is 32.1. The number of ether oxygens (including phenoxy) is 1. The second-order valence-corrected chi connectivity index (χ2v) is 8.89. The first-order chi connectivity index (χ1) is 17.1. The van der Waals surface area contributed by atoms with E-state index < -0.39 is 0 Å². The molecule has 35 heavy (non-hydrogen) atoms. The normalized spacial score (nSPS) is 14.2. The Kier molecular flexibility index (Phi) is 8.88. The topological polar surface area (TPSA) is 91.1 Å². The van der Waals surface area contributed by atoms with E-state index in [9.17, 15) is 9.18 Å². The Bertz CT molecular complexity index is 1160. The fourth-order valence-electron chi connectivity index (χ4n) is 3.83. The van der Waals surface area contributed by atoms with Crippen molar-refractivity contribution < 1.29 is 19.0 Å². The highest BCUT2D eigenvalue weighted by molar-refractivity contribution is 7.07. The van der Waals surface area contributed by atoms with Crippen LogP contribution in [0.3, 0.4) is 0 Å². The fourth-order valence-corrected chi connectivity index (χ4v) is 4.78. The molecular weight excluding hydrogens is 469 g/mol. The maximum Gasteiger partial charge on any atom is 0.314 e. The summed E-state index contributed by atoms with van der Waals surface area (Å²) in [5.74, 6) is -0.297. The number of hydrogen-bond acceptors (Lipinski definition) is 6. The Hall–Kier alpha value is -3.21. The zero-order valence-electron chi connectivity index (χ0n) is 19.5. The van der Waals surface area contributed by atoms with Gasteiger partial charge < -0.3 is 29.9 Å². The summed E-state index contributed by atoms with van der Waals surface area (Å²) in [4.78, 5) is 19.6. The van der Waals surface area contributed by atoms with Gasteiger partial charge in [0.2, 0.25) is 0 Å². The molecule has 3 N–H and O–H groups in total. The lowest BCUT2D eigenvalue weighted by molar-refractivity contribution is 0.122. The van der Waals surface area contributed by atoms with Crippen molar-refractivity contribution in [3.05, 3.63) is 64.5 Å². The van der Waals surface area contributed by atoms with Crippen LogP contribution >= 0.6 is 11.3 Å². The number of aliphatic hydroxyl groups excluding tert-OH is 1. The Morgan fingerprint density at radius 1 is 1.06 bits per heavy atom. The molecule has 1 fully saturated rings. The molecule has 0 bridgehead atoms. The molecule has 0 aliphatic carbocycles. The molecule has 8 nitrogen and oxygen atoms in total. The van der Waals surface area contributed by atoms with Crippen molar-refractivity contribution >= 4 is 28.7 Å². The van der Waals surface area contributed by atoms with Gasteiger partial charge in [-0.2, -0.15) is 0 Å². The van der Waals surface area contributed by atoms with Gasteiger partial charge in [0.25, 0.3) is 0 Å². The number of benzene rings is 2. The lowest BCUT2D eigenvalue weighted by atomic mass is 10.1. The molecule has 1 aliphatic heterocycles. The minimum Gasteiger partial charge on any atom is -0.395 e. The number of aliphatic hydroxyl groups is 1. The van der Waals surface area contributed by atoms with Crippen LogP contribution in [0.5, 0.6) is 0 Å². The van der Waals surface area contributed by atoms with Crippen LogP contribution in [-0.4, -0.2) is 61.7 Å². The third-order valence-electron chi connectivity index (χ3n) is 5.63. The number of nitrogens with one attached hydrogen (secondary N) is 2. The maximum atomic E-state index is 13.3. The Balaban J connectivity index is 1.54. The van der Waals surface area contributed by atoms with Gasteiger partial charge in [-0.15, -0.1) is 11.3 Å². The number of halogens is 1. The first-order valence-corrected chi connectivity index (χ1v) is 12.6. The molecule has 2 aromatic carbocycles. The first-order valence-electron chi connectivity index (χ1n) is 11.7. The average molecular weight is 500 g/mol. The number of anilines is 1. The number of thiazole rings is 1. The van der Waals surface area contributed by atoms with E-state index in [2.05, 4.69) is 49.7 Å². The third kappa shape index (κ3) is 6.91. The second kappa shape index (κ2) is 12.5. The fraction of sp³-hybridized carbons (Fsp3) is 0.360. The number of aromatic nitrogens is 1. The minimum absolute atomic E-state index is 0.0971. The molecule has 0 spiro atoms. The van der Waals surface area contributed by atoms with Crippen LogP contribution in [0.15, 0.2) is 58.9 Å². The van der Waals surface area contributed by atoms with Crippen LogP contribution in [0.4, 0.5) is 20.6 Å². The Morgan fingerprint density at radius 3 is 2.49 bits per heavy atom. The summed E-state index contributed by atoms with van der Waals surface area (Å²) in [6, 6.07) is 14.3. The van der Waals surface area contributed by atoms with Crippen LogP contribution in [0.1, 0.15) is 6.42 Å². The van der Waals surface area contributed by atoms with Gasteiger partial charge in [0.15, 0.2) is 4.80 Å². The minimum atomic E-state index is -0.301. The van der Waals surface area contributed by atoms with Gasteiger partial charge in [0, 0.05) is 43.8 Å². The molecule has 3 aromatic rings. The number of carbonyl (C=O) groups excluding carboxylic acids is 1. The summed E-state index contributed by atoms with van der Waals surface area (Å²) in [5.41, 5.74) is 3.97. The van der Waals surface area contributed by atoms with Gasteiger partial charge in [-0.25, -0.2) is 14.2 Å². The number of nitrogens with zero attached hydrogens (tertiary/aromatic N) is 3. The average Bonchev–Trinajstić information content (AvgIpc) is 3.29. The molecule has 2 amide bonds. The van der Waals surface area contributed by atoms with Crippen molar-refractivity contribution in [3.63, 3.8) is 0 Å². The van der Waals surface area contributed by atoms with Crippen molar-refractivity contribution in [1.82, 2.24) is 15.2 Å². The number of hydrogen-bond donors (Lipinski definition) is 3. The molecule has 4 rings (SSSR count). The molecule has 1 aromatic heterocycles. The number of rotatable bonds is 9. The molecule has 186 valence electrons. The van der Waals surface area contributed by atoms with E-state index in [4.69, 9.17) is 14.8 Å². The summed E-state index contributed by atoms with van der Waals surface area (Å²) in [6.07, 6.45) is 0.693. The van der Waals surface area contributed by atoms with E-state index in [0.29, 0.717) is 25.2 Å². The molecule has 0 saturated carbocycles. The molecule has 0 atom stereocenters. The van der Waals surface area contributed by atoms with E-state index in [0.717, 1.165) is 42.4 Å². The lowest BCUT2D eigenvalue weighted by Gasteiger charge is -2.28. The molecule has 0 unspecified atom stereocenters. The zero-order chi connectivity index (χ0) is 24.5. The predicted octanol–water partition coefficient (Wildman–Crippen LogP) is 3.11. The quantitative estimate of drug-likeness (QED) is 0.395. The molecule has 0 radical (unpaired) electrons. The van der Waals surface area contributed by atoms with Crippen molar-refractivity contribution in [1.29, 1.82) is 0 Å². The van der Waals surface area contributed by atoms with Crippen LogP contribution in [0.2, 0.25) is 0 Å². The van der Waals surface area contributed by atoms with Crippen molar-refractivity contribution in [2.75, 3.05) is 50.9 Å². The summed E-state index contributed by atoms with van der Waals surface area (Å²) in [6.45, 7) is 4.50. The second-order valence-electron chi connectivity index (χ2n) is 8.05. The monoisotopic (exact) mass is 499 g/mol. The van der Waals surface area contributed by atoms with Crippen molar-refractivity contribution in [3.8, 4) is 11.3 Å². The van der Waals surface area contributed by atoms with E-state index in [1.165, 1.54) is 29.2 Å². The Morgan fingerprint density at radius 2 is 1.77 bits per heavy atom. The van der Waals surface area contributed by atoms with Gasteiger partial charge in [-0.05, 0) is 48.4 Å². The SMILES string of the molecule is O=C(NCCO)NCCCn1c(-c2ccc(N3CCOCC3)cc2)csc1=Nc1ccc(F)cc1. The van der Waals surface area contributed by atoms with Gasteiger partial charge in [-0.3, -0.25) is 0 Å². The van der Waals surface area contributed by atoms with E-state index in [1.54, 1.807) is 12.1 Å². The number of carbonyl (C=O) groups is 1. The smallest absolute Gasteiger partial charge is 0.314 e. The van der Waals surface area contributed by atoms with E-state index in [1.807, 2.05) is 0 Å². The van der Waals surface area contributed by atoms with Gasteiger partial charge in [0.1, 0.15) is 5.82 Å². The molecule has 2 heterocycles. The summed E-state index contributed by atoms with van der Waals surface area (Å²) in [7, 11) is 0. The zero-order valence-corrected chi connectivity index (χ0v) is 20.3. The van der Waals surface area contributed by atoms with Crippen molar-refractivity contribution in [2.45, 2.75) is 13.0 Å². The highest BCUT2D eigenvalue weighted by Crippen LogP contribution is 2.25. The maximum absolute atomic E-state index is 13.3. The van der Waals surface area contributed by atoms with Crippen molar-refractivity contribution in [2.24, 2.45) is 4.99 Å². The predicted molar refractivity (Wildman–Crippen MR) is 136 cm³/mol.